The van der Waals surface area contributed by atoms with Crippen LogP contribution in [0.4, 0.5) is 4.39 Å². The highest BCUT2D eigenvalue weighted by Crippen LogP contribution is 2.25. The summed E-state index contributed by atoms with van der Waals surface area (Å²) in [6, 6.07) is 5.05. The maximum absolute atomic E-state index is 13.2. The summed E-state index contributed by atoms with van der Waals surface area (Å²) in [5.41, 5.74) is 1.57. The molecule has 1 N–H and O–H groups in total. The maximum Gasteiger partial charge on any atom is 0.147 e. The summed E-state index contributed by atoms with van der Waals surface area (Å²) in [4.78, 5) is 0. The lowest BCUT2D eigenvalue weighted by atomic mass is 10.1. The summed E-state index contributed by atoms with van der Waals surface area (Å²) >= 11 is 1.57. The minimum absolute atomic E-state index is 0.184. The predicted octanol–water partition coefficient (Wildman–Crippen LogP) is 3.44. The van der Waals surface area contributed by atoms with E-state index in [9.17, 15) is 4.39 Å². The van der Waals surface area contributed by atoms with Gasteiger partial charge in [0.15, 0.2) is 0 Å². The van der Waals surface area contributed by atoms with Gasteiger partial charge in [-0.3, -0.25) is 0 Å². The zero-order chi connectivity index (χ0) is 14.5. The molecule has 5 heteroatoms. The summed E-state index contributed by atoms with van der Waals surface area (Å²) in [5, 5.41) is 13.6. The van der Waals surface area contributed by atoms with Crippen molar-refractivity contribution in [2.45, 2.75) is 27.2 Å². The van der Waals surface area contributed by atoms with E-state index in [-0.39, 0.29) is 5.82 Å². The minimum Gasteiger partial charge on any atom is -0.316 e. The fourth-order valence-corrected chi connectivity index (χ4v) is 2.67. The first kappa shape index (κ1) is 15.1. The zero-order valence-electron chi connectivity index (χ0n) is 12.1. The van der Waals surface area contributed by atoms with Gasteiger partial charge in [-0.15, -0.1) is 10.2 Å². The molecule has 0 fully saturated rings. The van der Waals surface area contributed by atoms with Gasteiger partial charge in [0, 0.05) is 18.5 Å². The third-order valence-corrected chi connectivity index (χ3v) is 3.97. The smallest absolute Gasteiger partial charge is 0.147 e. The van der Waals surface area contributed by atoms with E-state index in [2.05, 4.69) is 29.4 Å². The monoisotopic (exact) mass is 293 g/mol. The molecule has 0 atom stereocenters. The molecular weight excluding hydrogens is 273 g/mol. The fraction of sp³-hybridized carbons (Fsp3) is 0.467. The average molecular weight is 293 g/mol. The molecule has 0 saturated carbocycles. The average Bonchev–Trinajstić information content (AvgIpc) is 2.86. The number of hydrogen-bond donors (Lipinski definition) is 1. The van der Waals surface area contributed by atoms with Gasteiger partial charge in [0.1, 0.15) is 15.8 Å². The second-order valence-corrected chi connectivity index (χ2v) is 6.37. The summed E-state index contributed by atoms with van der Waals surface area (Å²) in [5.74, 6) is 0.471. The van der Waals surface area contributed by atoms with Crippen LogP contribution < -0.4 is 5.32 Å². The zero-order valence-corrected chi connectivity index (χ0v) is 12.9. The molecule has 20 heavy (non-hydrogen) atoms. The number of halogens is 1. The molecule has 0 radical (unpaired) electrons. The molecule has 0 aliphatic heterocycles. The highest BCUT2D eigenvalue weighted by atomic mass is 32.1. The SMILES string of the molecule is Cc1cc(-c2nnc(CCNCC(C)C)s2)ccc1F. The van der Waals surface area contributed by atoms with Crippen molar-refractivity contribution in [1.82, 2.24) is 15.5 Å². The van der Waals surface area contributed by atoms with E-state index in [0.29, 0.717) is 11.5 Å². The summed E-state index contributed by atoms with van der Waals surface area (Å²) < 4.78 is 13.2. The van der Waals surface area contributed by atoms with Gasteiger partial charge in [-0.2, -0.15) is 0 Å². The van der Waals surface area contributed by atoms with E-state index in [0.717, 1.165) is 35.1 Å². The summed E-state index contributed by atoms with van der Waals surface area (Å²) in [7, 11) is 0. The number of benzene rings is 1. The second-order valence-electron chi connectivity index (χ2n) is 5.31. The number of aryl methyl sites for hydroxylation is 1. The van der Waals surface area contributed by atoms with Crippen molar-refractivity contribution in [2.24, 2.45) is 5.92 Å². The van der Waals surface area contributed by atoms with Gasteiger partial charge in [-0.05, 0) is 43.1 Å². The Morgan fingerprint density at radius 2 is 2.10 bits per heavy atom. The van der Waals surface area contributed by atoms with E-state index >= 15 is 0 Å². The molecule has 2 rings (SSSR count). The van der Waals surface area contributed by atoms with Crippen LogP contribution in [0.5, 0.6) is 0 Å². The van der Waals surface area contributed by atoms with Crippen molar-refractivity contribution < 1.29 is 4.39 Å². The molecule has 0 bridgehead atoms. The van der Waals surface area contributed by atoms with Crippen LogP contribution in [0.1, 0.15) is 24.4 Å². The standard InChI is InChI=1S/C15H20FN3S/c1-10(2)9-17-7-6-14-18-19-15(20-14)12-4-5-13(16)11(3)8-12/h4-5,8,10,17H,6-7,9H2,1-3H3. The van der Waals surface area contributed by atoms with Gasteiger partial charge in [0.25, 0.3) is 0 Å². The molecule has 0 aliphatic carbocycles. The molecule has 1 aromatic carbocycles. The quantitative estimate of drug-likeness (QED) is 0.829. The number of nitrogens with one attached hydrogen (secondary N) is 1. The van der Waals surface area contributed by atoms with Gasteiger partial charge >= 0.3 is 0 Å². The molecule has 0 amide bonds. The lowest BCUT2D eigenvalue weighted by Gasteiger charge is -2.05. The molecule has 0 saturated heterocycles. The number of hydrogen-bond acceptors (Lipinski definition) is 4. The van der Waals surface area contributed by atoms with Crippen LogP contribution in [-0.2, 0) is 6.42 Å². The Morgan fingerprint density at radius 1 is 1.30 bits per heavy atom. The lowest BCUT2D eigenvalue weighted by molar-refractivity contribution is 0.553. The van der Waals surface area contributed by atoms with Crippen LogP contribution in [0.15, 0.2) is 18.2 Å². The third-order valence-electron chi connectivity index (χ3n) is 2.94. The van der Waals surface area contributed by atoms with Gasteiger partial charge in [-0.25, -0.2) is 4.39 Å². The molecule has 3 nitrogen and oxygen atoms in total. The van der Waals surface area contributed by atoms with E-state index in [1.807, 2.05) is 6.07 Å². The lowest BCUT2D eigenvalue weighted by Crippen LogP contribution is -2.22. The Hall–Kier alpha value is -1.33. The van der Waals surface area contributed by atoms with Crippen molar-refractivity contribution in [1.29, 1.82) is 0 Å². The van der Waals surface area contributed by atoms with E-state index in [1.165, 1.54) is 6.07 Å². The molecule has 1 heterocycles. The Bertz CT molecular complexity index is 566. The minimum atomic E-state index is -0.184. The van der Waals surface area contributed by atoms with Gasteiger partial charge in [0.05, 0.1) is 0 Å². The van der Waals surface area contributed by atoms with Gasteiger partial charge in [0.2, 0.25) is 0 Å². The van der Waals surface area contributed by atoms with Crippen LogP contribution in [-0.4, -0.2) is 23.3 Å². The second kappa shape index (κ2) is 6.90. The van der Waals surface area contributed by atoms with Crippen LogP contribution in [0.3, 0.4) is 0 Å². The summed E-state index contributed by atoms with van der Waals surface area (Å²) in [6.45, 7) is 8.06. The van der Waals surface area contributed by atoms with E-state index < -0.39 is 0 Å². The normalized spacial score (nSPS) is 11.2. The molecule has 0 spiro atoms. The molecule has 2 aromatic rings. The first-order valence-corrected chi connectivity index (χ1v) is 7.67. The van der Waals surface area contributed by atoms with Crippen molar-refractivity contribution in [2.75, 3.05) is 13.1 Å². The number of rotatable bonds is 6. The van der Waals surface area contributed by atoms with Crippen LogP contribution in [0.25, 0.3) is 10.6 Å². The van der Waals surface area contributed by atoms with Crippen LogP contribution in [0.2, 0.25) is 0 Å². The Balaban J connectivity index is 1.96. The Morgan fingerprint density at radius 3 is 2.80 bits per heavy atom. The van der Waals surface area contributed by atoms with E-state index in [1.54, 1.807) is 24.3 Å². The molecule has 108 valence electrons. The Labute approximate surface area is 123 Å². The van der Waals surface area contributed by atoms with Crippen molar-refractivity contribution >= 4 is 11.3 Å². The first-order valence-electron chi connectivity index (χ1n) is 6.86. The number of aromatic nitrogens is 2. The Kier molecular flexibility index (Phi) is 5.20. The first-order chi connectivity index (χ1) is 9.56. The largest absolute Gasteiger partial charge is 0.316 e. The van der Waals surface area contributed by atoms with Gasteiger partial charge < -0.3 is 5.32 Å². The molecule has 0 aliphatic rings. The molecule has 1 aromatic heterocycles. The van der Waals surface area contributed by atoms with Crippen molar-refractivity contribution in [3.05, 3.63) is 34.6 Å². The maximum atomic E-state index is 13.2. The van der Waals surface area contributed by atoms with Crippen molar-refractivity contribution in [3.63, 3.8) is 0 Å². The molecule has 0 unspecified atom stereocenters. The van der Waals surface area contributed by atoms with Crippen LogP contribution in [0, 0.1) is 18.7 Å². The summed E-state index contributed by atoms with van der Waals surface area (Å²) in [6.07, 6.45) is 0.880. The predicted molar refractivity (Wildman–Crippen MR) is 81.5 cm³/mol. The highest BCUT2D eigenvalue weighted by Gasteiger charge is 2.08. The third kappa shape index (κ3) is 4.08. The fourth-order valence-electron chi connectivity index (χ4n) is 1.84. The van der Waals surface area contributed by atoms with E-state index in [4.69, 9.17) is 0 Å². The highest BCUT2D eigenvalue weighted by molar-refractivity contribution is 7.14. The number of nitrogens with zero attached hydrogens (tertiary/aromatic N) is 2. The topological polar surface area (TPSA) is 37.8 Å². The van der Waals surface area contributed by atoms with Gasteiger partial charge in [-0.1, -0.05) is 25.2 Å². The van der Waals surface area contributed by atoms with Crippen LogP contribution >= 0.6 is 11.3 Å². The molecular formula is C15H20FN3S. The van der Waals surface area contributed by atoms with Crippen molar-refractivity contribution in [3.8, 4) is 10.6 Å².